The Kier molecular flexibility index (Phi) is 8.80. The normalized spacial score (nSPS) is 20.8. The summed E-state index contributed by atoms with van der Waals surface area (Å²) in [6.45, 7) is 0. The lowest BCUT2D eigenvalue weighted by Gasteiger charge is -2.45. The number of nitriles is 1. The van der Waals surface area contributed by atoms with Crippen molar-refractivity contribution in [1.29, 1.82) is 5.26 Å². The number of thioether (sulfide) groups is 1. The maximum atomic E-state index is 14.6. The number of hydrogen-bond donors (Lipinski definition) is 3. The lowest BCUT2D eigenvalue weighted by atomic mass is 9.70. The highest BCUT2D eigenvalue weighted by molar-refractivity contribution is 8.03. The molecule has 3 N–H and O–H groups in total. The second-order valence-corrected chi connectivity index (χ2v) is 11.0. The van der Waals surface area contributed by atoms with Crippen LogP contribution in [0.5, 0.6) is 5.75 Å². The molecule has 3 atom stereocenters. The van der Waals surface area contributed by atoms with E-state index in [1.54, 1.807) is 30.3 Å². The Morgan fingerprint density at radius 3 is 2.60 bits per heavy atom. The number of Topliss-reactive ketones (excluding diaryl/α,β-unsaturated/α-hetero) is 1. The van der Waals surface area contributed by atoms with Gasteiger partial charge in [-0.3, -0.25) is 9.59 Å². The molecule has 0 unspecified atom stereocenters. The monoisotopic (exact) mass is 607 g/mol. The van der Waals surface area contributed by atoms with Crippen molar-refractivity contribution in [3.63, 3.8) is 0 Å². The van der Waals surface area contributed by atoms with E-state index in [2.05, 4.69) is 5.32 Å². The second kappa shape index (κ2) is 11.9. The first kappa shape index (κ1) is 29.5. The summed E-state index contributed by atoms with van der Waals surface area (Å²) in [6, 6.07) is 17.1. The average Bonchev–Trinajstić information content (AvgIpc) is 3.46. The predicted octanol–water partition coefficient (Wildman–Crippen LogP) is 5.95. The largest absolute Gasteiger partial charge is 0.497 e. The molecule has 2 aromatic carbocycles. The first-order valence-electron chi connectivity index (χ1n) is 11.6. The number of rotatable bonds is 8. The topological polar surface area (TPSA) is 111 Å². The molecule has 0 saturated carbocycles. The summed E-state index contributed by atoms with van der Waals surface area (Å²) in [4.78, 5) is 26.2. The van der Waals surface area contributed by atoms with Gasteiger partial charge in [0.2, 0.25) is 11.6 Å². The van der Waals surface area contributed by atoms with Crippen LogP contribution in [0.25, 0.3) is 0 Å². The third kappa shape index (κ3) is 5.83. The van der Waals surface area contributed by atoms with Crippen molar-refractivity contribution in [3.05, 3.63) is 92.1 Å². The van der Waals surface area contributed by atoms with Gasteiger partial charge in [0.05, 0.1) is 40.3 Å². The van der Waals surface area contributed by atoms with E-state index in [4.69, 9.17) is 16.3 Å². The third-order valence-corrected chi connectivity index (χ3v) is 8.43. The van der Waals surface area contributed by atoms with E-state index >= 15 is 0 Å². The zero-order valence-electron chi connectivity index (χ0n) is 20.7. The Morgan fingerprint density at radius 2 is 1.98 bits per heavy atom. The summed E-state index contributed by atoms with van der Waals surface area (Å²) in [6.07, 6.45) is -5.36. The number of thiophene rings is 1. The standard InChI is InChI=1S/C27H21ClF3N3O4S2/c1-38-16-7-4-6-15(12-16)33-21(35)14-40-25-18(13-32)22(17-8-2-3-9-19(17)28)23(24(36)20-10-5-11-39-20)26(37,34-25)27(29,30)31/h2-12,22-23,34,37H,14H2,1H3,(H,33,35)/t22-,23+,26+/m0/s1. The molecule has 208 valence electrons. The number of methoxy groups -OCH3 is 1. The third-order valence-electron chi connectivity index (χ3n) is 6.18. The molecule has 0 aliphatic carbocycles. The highest BCUT2D eigenvalue weighted by atomic mass is 35.5. The van der Waals surface area contributed by atoms with Crippen molar-refractivity contribution in [1.82, 2.24) is 5.32 Å². The Hall–Kier alpha value is -3.50. The van der Waals surface area contributed by atoms with Crippen LogP contribution in [0.3, 0.4) is 0 Å². The first-order valence-corrected chi connectivity index (χ1v) is 13.8. The molecule has 1 aliphatic heterocycles. The van der Waals surface area contributed by atoms with Crippen LogP contribution >= 0.6 is 34.7 Å². The lowest BCUT2D eigenvalue weighted by Crippen LogP contribution is -2.66. The zero-order chi connectivity index (χ0) is 29.1. The number of halogens is 4. The molecule has 0 spiro atoms. The Balaban J connectivity index is 1.78. The summed E-state index contributed by atoms with van der Waals surface area (Å²) in [5.41, 5.74) is -3.61. The number of nitrogens with one attached hydrogen (secondary N) is 2. The van der Waals surface area contributed by atoms with E-state index < -0.39 is 46.2 Å². The van der Waals surface area contributed by atoms with Crippen molar-refractivity contribution >= 4 is 52.1 Å². The molecule has 2 heterocycles. The van der Waals surface area contributed by atoms with E-state index in [9.17, 15) is 33.1 Å². The molecule has 0 saturated heterocycles. The van der Waals surface area contributed by atoms with E-state index in [1.165, 1.54) is 42.8 Å². The minimum absolute atomic E-state index is 0.00997. The van der Waals surface area contributed by atoms with E-state index in [0.717, 1.165) is 11.3 Å². The summed E-state index contributed by atoms with van der Waals surface area (Å²) in [7, 11) is 1.45. The average molecular weight is 608 g/mol. The second-order valence-electron chi connectivity index (χ2n) is 8.63. The number of hydrogen-bond acceptors (Lipinski definition) is 8. The molecular weight excluding hydrogens is 587 g/mol. The zero-order valence-corrected chi connectivity index (χ0v) is 23.0. The number of benzene rings is 2. The first-order chi connectivity index (χ1) is 19.0. The number of amides is 1. The van der Waals surface area contributed by atoms with Crippen LogP contribution in [0.1, 0.15) is 21.2 Å². The van der Waals surface area contributed by atoms with Gasteiger partial charge in [-0.05, 0) is 35.2 Å². The molecule has 0 fully saturated rings. The fourth-order valence-corrected chi connectivity index (χ4v) is 6.22. The Morgan fingerprint density at radius 1 is 1.23 bits per heavy atom. The molecule has 1 aromatic heterocycles. The number of aliphatic hydroxyl groups is 1. The lowest BCUT2D eigenvalue weighted by molar-refractivity contribution is -0.285. The summed E-state index contributed by atoms with van der Waals surface area (Å²) in [5.74, 6) is -5.32. The maximum absolute atomic E-state index is 14.6. The van der Waals surface area contributed by atoms with Crippen LogP contribution in [0.4, 0.5) is 18.9 Å². The number of allylic oxidation sites excluding steroid dienone is 1. The van der Waals surface area contributed by atoms with Crippen LogP contribution in [0.2, 0.25) is 5.02 Å². The van der Waals surface area contributed by atoms with Gasteiger partial charge in [0, 0.05) is 22.7 Å². The fraction of sp³-hybridized carbons (Fsp3) is 0.222. The molecule has 1 amide bonds. The number of anilines is 1. The summed E-state index contributed by atoms with van der Waals surface area (Å²) in [5, 5.41) is 27.1. The van der Waals surface area contributed by atoms with Crippen LogP contribution in [-0.2, 0) is 4.79 Å². The molecule has 7 nitrogen and oxygen atoms in total. The molecule has 4 rings (SSSR count). The number of ketones is 1. The number of ether oxygens (including phenoxy) is 1. The van der Waals surface area contributed by atoms with Gasteiger partial charge in [-0.15, -0.1) is 11.3 Å². The molecule has 3 aromatic rings. The predicted molar refractivity (Wildman–Crippen MR) is 147 cm³/mol. The van der Waals surface area contributed by atoms with Gasteiger partial charge in [-0.1, -0.05) is 53.7 Å². The van der Waals surface area contributed by atoms with Crippen LogP contribution in [0, 0.1) is 17.2 Å². The minimum atomic E-state index is -5.36. The van der Waals surface area contributed by atoms with Crippen molar-refractivity contribution in [2.24, 2.45) is 5.92 Å². The number of alkyl halides is 3. The highest BCUT2D eigenvalue weighted by Crippen LogP contribution is 2.52. The Bertz CT molecular complexity index is 1490. The van der Waals surface area contributed by atoms with E-state index in [0.29, 0.717) is 23.2 Å². The van der Waals surface area contributed by atoms with Gasteiger partial charge in [0.1, 0.15) is 5.75 Å². The van der Waals surface area contributed by atoms with Crippen LogP contribution in [-0.4, -0.2) is 41.6 Å². The van der Waals surface area contributed by atoms with Crippen molar-refractivity contribution in [2.45, 2.75) is 17.8 Å². The smallest absolute Gasteiger partial charge is 0.437 e. The highest BCUT2D eigenvalue weighted by Gasteiger charge is 2.66. The summed E-state index contributed by atoms with van der Waals surface area (Å²) >= 11 is 7.87. The quantitative estimate of drug-likeness (QED) is 0.271. The molecule has 13 heteroatoms. The van der Waals surface area contributed by atoms with Gasteiger partial charge in [-0.25, -0.2) is 0 Å². The number of carbonyl (C=O) groups is 2. The Labute approximate surface area is 240 Å². The SMILES string of the molecule is COc1cccc(NC(=O)CSC2=C(C#N)[C@H](c3ccccc3Cl)[C@H](C(=O)c3cccs3)[C@@](O)(C(F)(F)F)N2)c1. The number of carbonyl (C=O) groups excluding carboxylic acids is 2. The van der Waals surface area contributed by atoms with Crippen molar-refractivity contribution in [3.8, 4) is 11.8 Å². The van der Waals surface area contributed by atoms with E-state index in [1.807, 2.05) is 11.4 Å². The molecule has 0 radical (unpaired) electrons. The van der Waals surface area contributed by atoms with Gasteiger partial charge in [0.15, 0.2) is 5.78 Å². The van der Waals surface area contributed by atoms with Gasteiger partial charge >= 0.3 is 6.18 Å². The fourth-order valence-electron chi connectivity index (χ4n) is 4.36. The minimum Gasteiger partial charge on any atom is -0.497 e. The van der Waals surface area contributed by atoms with Gasteiger partial charge < -0.3 is 20.5 Å². The molecule has 40 heavy (non-hydrogen) atoms. The van der Waals surface area contributed by atoms with Gasteiger partial charge in [0.25, 0.3) is 0 Å². The molecule has 1 aliphatic rings. The molecule has 0 bridgehead atoms. The van der Waals surface area contributed by atoms with Crippen molar-refractivity contribution < 1.29 is 32.6 Å². The number of nitrogens with zero attached hydrogens (tertiary/aromatic N) is 1. The maximum Gasteiger partial charge on any atom is 0.437 e. The van der Waals surface area contributed by atoms with Crippen LogP contribution in [0.15, 0.2) is 76.6 Å². The van der Waals surface area contributed by atoms with E-state index in [-0.39, 0.29) is 21.0 Å². The summed E-state index contributed by atoms with van der Waals surface area (Å²) < 4.78 is 49.0. The van der Waals surface area contributed by atoms with Gasteiger partial charge in [-0.2, -0.15) is 18.4 Å². The van der Waals surface area contributed by atoms with Crippen LogP contribution < -0.4 is 15.4 Å². The molecular formula is C27H21ClF3N3O4S2. The van der Waals surface area contributed by atoms with Crippen molar-refractivity contribution in [2.75, 3.05) is 18.2 Å².